The number of carbonyl (C=O) groups is 1. The van der Waals surface area contributed by atoms with Crippen molar-refractivity contribution in [2.75, 3.05) is 0 Å². The Hall–Kier alpha value is -0.830. The minimum Gasteiger partial charge on any atom is -0.291 e. The second kappa shape index (κ2) is 2.19. The summed E-state index contributed by atoms with van der Waals surface area (Å²) < 4.78 is 1.17. The van der Waals surface area contributed by atoms with Gasteiger partial charge in [-0.25, -0.2) is 9.07 Å². The van der Waals surface area contributed by atoms with Crippen LogP contribution in [0.3, 0.4) is 0 Å². The Morgan fingerprint density at radius 1 is 1.89 bits per heavy atom. The van der Waals surface area contributed by atoms with Gasteiger partial charge < -0.3 is 0 Å². The van der Waals surface area contributed by atoms with Gasteiger partial charge in [0, 0.05) is 31.1 Å². The van der Waals surface area contributed by atoms with Crippen molar-refractivity contribution in [3.63, 3.8) is 0 Å². The first-order valence-corrected chi connectivity index (χ1v) is 2.76. The molecule has 3 nitrogen and oxygen atoms in total. The molecule has 1 rings (SSSR count). The van der Waals surface area contributed by atoms with Gasteiger partial charge in [0.2, 0.25) is 0 Å². The molecule has 0 aliphatic heterocycles. The SMILES string of the molecule is CC(=O)c1nccn1Cl. The summed E-state index contributed by atoms with van der Waals surface area (Å²) in [7, 11) is 0. The summed E-state index contributed by atoms with van der Waals surface area (Å²) in [6.45, 7) is 1.42. The lowest BCUT2D eigenvalue weighted by molar-refractivity contribution is 0.100. The number of hydrogen-bond acceptors (Lipinski definition) is 2. The summed E-state index contributed by atoms with van der Waals surface area (Å²) >= 11 is 5.47. The van der Waals surface area contributed by atoms with E-state index in [0.29, 0.717) is 0 Å². The summed E-state index contributed by atoms with van der Waals surface area (Å²) in [4.78, 5) is 14.3. The van der Waals surface area contributed by atoms with E-state index in [9.17, 15) is 4.79 Å². The molecule has 0 saturated heterocycles. The molecule has 1 heterocycles. The molecule has 0 unspecified atom stereocenters. The summed E-state index contributed by atoms with van der Waals surface area (Å²) in [5.74, 6) is 0.145. The molecule has 4 heteroatoms. The van der Waals surface area contributed by atoms with Crippen LogP contribution in [0.4, 0.5) is 0 Å². The van der Waals surface area contributed by atoms with Crippen LogP contribution in [0.1, 0.15) is 17.5 Å². The lowest BCUT2D eigenvalue weighted by Gasteiger charge is -1.88. The molecule has 0 aromatic carbocycles. The number of nitrogens with zero attached hydrogens (tertiary/aromatic N) is 2. The van der Waals surface area contributed by atoms with Gasteiger partial charge in [-0.15, -0.1) is 0 Å². The highest BCUT2D eigenvalue weighted by molar-refractivity contribution is 6.17. The molecule has 0 amide bonds. The maximum Gasteiger partial charge on any atom is 0.196 e. The minimum absolute atomic E-state index is 0.130. The third-order valence-corrected chi connectivity index (χ3v) is 1.18. The highest BCUT2D eigenvalue weighted by Crippen LogP contribution is 1.98. The molecule has 9 heavy (non-hydrogen) atoms. The van der Waals surface area contributed by atoms with Crippen molar-refractivity contribution in [1.82, 2.24) is 9.07 Å². The molecule has 0 N–H and O–H groups in total. The summed E-state index contributed by atoms with van der Waals surface area (Å²) in [5, 5.41) is 0. The van der Waals surface area contributed by atoms with Crippen molar-refractivity contribution in [2.24, 2.45) is 0 Å². The van der Waals surface area contributed by atoms with E-state index in [4.69, 9.17) is 11.8 Å². The Labute approximate surface area is 57.4 Å². The summed E-state index contributed by atoms with van der Waals surface area (Å²) in [6.07, 6.45) is 2.99. The third kappa shape index (κ3) is 1.10. The number of halogens is 1. The van der Waals surface area contributed by atoms with Crippen LogP contribution in [0.2, 0.25) is 0 Å². The third-order valence-electron chi connectivity index (χ3n) is 0.912. The molecule has 0 saturated carbocycles. The van der Waals surface area contributed by atoms with Crippen LogP contribution in [-0.4, -0.2) is 14.9 Å². The van der Waals surface area contributed by atoms with Crippen LogP contribution >= 0.6 is 11.8 Å². The highest BCUT2D eigenvalue weighted by atomic mass is 35.5. The normalized spacial score (nSPS) is 9.56. The average molecular weight is 145 g/mol. The van der Waals surface area contributed by atoms with Crippen molar-refractivity contribution >= 4 is 17.6 Å². The smallest absolute Gasteiger partial charge is 0.196 e. The van der Waals surface area contributed by atoms with Crippen molar-refractivity contribution in [3.8, 4) is 0 Å². The monoisotopic (exact) mass is 144 g/mol. The quantitative estimate of drug-likeness (QED) is 0.553. The zero-order valence-corrected chi connectivity index (χ0v) is 5.59. The van der Waals surface area contributed by atoms with Crippen LogP contribution < -0.4 is 0 Å². The molecule has 0 aliphatic carbocycles. The van der Waals surface area contributed by atoms with Crippen molar-refractivity contribution in [1.29, 1.82) is 0 Å². The van der Waals surface area contributed by atoms with Gasteiger partial charge in [0.05, 0.1) is 0 Å². The number of Topliss-reactive ketones (excluding diaryl/α,β-unsaturated/α-hetero) is 1. The standard InChI is InChI=1S/C5H5ClN2O/c1-4(9)5-7-2-3-8(5)6/h2-3H,1H3. The van der Waals surface area contributed by atoms with Gasteiger partial charge in [-0.3, -0.25) is 4.79 Å². The number of aromatic nitrogens is 2. The number of rotatable bonds is 1. The molecule has 0 atom stereocenters. The van der Waals surface area contributed by atoms with E-state index < -0.39 is 0 Å². The van der Waals surface area contributed by atoms with Crippen LogP contribution in [0, 0.1) is 0 Å². The first-order valence-electron chi connectivity index (χ1n) is 2.42. The fraction of sp³-hybridized carbons (Fsp3) is 0.200. The molecule has 1 aromatic heterocycles. The second-order valence-corrected chi connectivity index (χ2v) is 1.98. The Morgan fingerprint density at radius 2 is 2.56 bits per heavy atom. The first-order chi connectivity index (χ1) is 4.22. The Kier molecular flexibility index (Phi) is 1.53. The van der Waals surface area contributed by atoms with Crippen LogP contribution in [0.15, 0.2) is 12.4 Å². The minimum atomic E-state index is -0.130. The number of imidazole rings is 1. The fourth-order valence-electron chi connectivity index (χ4n) is 0.530. The Balaban J connectivity index is 3.08. The van der Waals surface area contributed by atoms with Crippen LogP contribution in [0.25, 0.3) is 0 Å². The van der Waals surface area contributed by atoms with Crippen molar-refractivity contribution in [3.05, 3.63) is 18.2 Å². The van der Waals surface area contributed by atoms with Gasteiger partial charge >= 0.3 is 0 Å². The number of hydrogen-bond donors (Lipinski definition) is 0. The molecule has 48 valence electrons. The fourth-order valence-corrected chi connectivity index (χ4v) is 0.743. The van der Waals surface area contributed by atoms with Crippen LogP contribution in [-0.2, 0) is 0 Å². The van der Waals surface area contributed by atoms with Gasteiger partial charge in [-0.1, -0.05) is 0 Å². The second-order valence-electron chi connectivity index (χ2n) is 1.62. The molecular formula is C5H5ClN2O. The highest BCUT2D eigenvalue weighted by Gasteiger charge is 2.03. The van der Waals surface area contributed by atoms with Gasteiger partial charge in [0.25, 0.3) is 0 Å². The molecule has 0 aliphatic rings. The predicted octanol–water partition coefficient (Wildman–Crippen LogP) is 1.09. The van der Waals surface area contributed by atoms with Gasteiger partial charge in [-0.2, -0.15) is 0 Å². The van der Waals surface area contributed by atoms with E-state index in [1.54, 1.807) is 0 Å². The average Bonchev–Trinajstić information content (AvgIpc) is 2.13. The molecule has 0 radical (unpaired) electrons. The molecule has 0 fully saturated rings. The van der Waals surface area contributed by atoms with Crippen LogP contribution in [0.5, 0.6) is 0 Å². The van der Waals surface area contributed by atoms with Crippen molar-refractivity contribution < 1.29 is 4.79 Å². The van der Waals surface area contributed by atoms with E-state index in [1.807, 2.05) is 0 Å². The maximum absolute atomic E-state index is 10.6. The maximum atomic E-state index is 10.6. The van der Waals surface area contributed by atoms with E-state index in [0.717, 1.165) is 0 Å². The lowest BCUT2D eigenvalue weighted by Crippen LogP contribution is -1.98. The molecular weight excluding hydrogens is 140 g/mol. The Morgan fingerprint density at radius 3 is 2.78 bits per heavy atom. The lowest BCUT2D eigenvalue weighted by atomic mass is 10.4. The van der Waals surface area contributed by atoms with Gasteiger partial charge in [0.1, 0.15) is 0 Å². The first kappa shape index (κ1) is 6.29. The van der Waals surface area contributed by atoms with E-state index in [-0.39, 0.29) is 11.6 Å². The molecule has 0 spiro atoms. The zero-order valence-electron chi connectivity index (χ0n) is 4.84. The molecule has 0 bridgehead atoms. The summed E-state index contributed by atoms with van der Waals surface area (Å²) in [6, 6.07) is 0. The zero-order chi connectivity index (χ0) is 6.85. The van der Waals surface area contributed by atoms with Gasteiger partial charge in [-0.05, 0) is 0 Å². The largest absolute Gasteiger partial charge is 0.291 e. The molecule has 1 aromatic rings. The topological polar surface area (TPSA) is 34.9 Å². The summed E-state index contributed by atoms with van der Waals surface area (Å²) in [5.41, 5.74) is 0. The number of carbonyl (C=O) groups excluding carboxylic acids is 1. The van der Waals surface area contributed by atoms with E-state index in [2.05, 4.69) is 4.98 Å². The van der Waals surface area contributed by atoms with E-state index >= 15 is 0 Å². The predicted molar refractivity (Wildman–Crippen MR) is 33.5 cm³/mol. The van der Waals surface area contributed by atoms with Gasteiger partial charge in [0.15, 0.2) is 11.6 Å². The van der Waals surface area contributed by atoms with Crippen molar-refractivity contribution in [2.45, 2.75) is 6.92 Å². The van der Waals surface area contributed by atoms with E-state index in [1.165, 1.54) is 23.4 Å². The number of ketones is 1. The Bertz CT molecular complexity index is 231.